The molecule has 0 atom stereocenters. The van der Waals surface area contributed by atoms with Gasteiger partial charge in [0.1, 0.15) is 5.76 Å². The van der Waals surface area contributed by atoms with Crippen LogP contribution in [-0.2, 0) is 12.7 Å². The van der Waals surface area contributed by atoms with Crippen molar-refractivity contribution >= 4 is 21.8 Å². The molecule has 20 heavy (non-hydrogen) atoms. The van der Waals surface area contributed by atoms with Gasteiger partial charge in [-0.1, -0.05) is 0 Å². The average Bonchev–Trinajstić information content (AvgIpc) is 2.88. The number of hydrogen-bond acceptors (Lipinski definition) is 2. The smallest absolute Gasteiger partial charge is 0.416 e. The molecule has 0 aliphatic rings. The van der Waals surface area contributed by atoms with Crippen molar-refractivity contribution < 1.29 is 22.4 Å². The lowest BCUT2D eigenvalue weighted by atomic mass is 10.1. The Hall–Kier alpha value is -1.76. The number of carbonyl (C=O) groups excluding carboxylic acids is 1. The Morgan fingerprint density at radius 3 is 2.65 bits per heavy atom. The molecule has 2 aromatic rings. The summed E-state index contributed by atoms with van der Waals surface area (Å²) in [6, 6.07) is 6.22. The van der Waals surface area contributed by atoms with Crippen LogP contribution >= 0.6 is 15.9 Å². The molecule has 3 nitrogen and oxygen atoms in total. The third-order valence-electron chi connectivity index (χ3n) is 2.54. The van der Waals surface area contributed by atoms with Crippen molar-refractivity contribution in [3.63, 3.8) is 0 Å². The number of benzene rings is 1. The van der Waals surface area contributed by atoms with Gasteiger partial charge in [0.25, 0.3) is 5.91 Å². The molecule has 1 amide bonds. The quantitative estimate of drug-likeness (QED) is 0.911. The molecular weight excluding hydrogens is 339 g/mol. The van der Waals surface area contributed by atoms with Crippen LogP contribution in [0.5, 0.6) is 0 Å². The van der Waals surface area contributed by atoms with Crippen LogP contribution in [0.2, 0.25) is 0 Å². The van der Waals surface area contributed by atoms with Crippen molar-refractivity contribution in [2.45, 2.75) is 12.7 Å². The molecule has 0 fully saturated rings. The van der Waals surface area contributed by atoms with Gasteiger partial charge in [0.15, 0.2) is 0 Å². The van der Waals surface area contributed by atoms with Gasteiger partial charge in [0.05, 0.1) is 23.9 Å². The topological polar surface area (TPSA) is 42.2 Å². The van der Waals surface area contributed by atoms with Crippen LogP contribution in [0.4, 0.5) is 13.2 Å². The van der Waals surface area contributed by atoms with Crippen LogP contribution in [0, 0.1) is 0 Å². The zero-order chi connectivity index (χ0) is 14.8. The molecule has 1 aromatic carbocycles. The summed E-state index contributed by atoms with van der Waals surface area (Å²) in [5, 5.41) is 2.49. The Kier molecular flexibility index (Phi) is 4.17. The van der Waals surface area contributed by atoms with Gasteiger partial charge in [0.2, 0.25) is 0 Å². The van der Waals surface area contributed by atoms with Crippen molar-refractivity contribution in [3.8, 4) is 0 Å². The highest BCUT2D eigenvalue weighted by Gasteiger charge is 2.31. The molecule has 0 bridgehead atoms. The first-order valence-corrected chi connectivity index (χ1v) is 6.34. The lowest BCUT2D eigenvalue weighted by Crippen LogP contribution is -2.23. The van der Waals surface area contributed by atoms with E-state index in [1.165, 1.54) is 12.3 Å². The largest absolute Gasteiger partial charge is 0.467 e. The monoisotopic (exact) mass is 347 g/mol. The van der Waals surface area contributed by atoms with Crippen LogP contribution in [0.25, 0.3) is 0 Å². The molecule has 0 aliphatic carbocycles. The third kappa shape index (κ3) is 3.41. The highest BCUT2D eigenvalue weighted by Crippen LogP contribution is 2.31. The van der Waals surface area contributed by atoms with Gasteiger partial charge in [-0.15, -0.1) is 0 Å². The predicted octanol–water partition coefficient (Wildman–Crippen LogP) is 3.99. The van der Waals surface area contributed by atoms with Crippen molar-refractivity contribution in [2.75, 3.05) is 0 Å². The van der Waals surface area contributed by atoms with E-state index in [1.807, 2.05) is 0 Å². The van der Waals surface area contributed by atoms with E-state index in [1.54, 1.807) is 12.1 Å². The third-order valence-corrected chi connectivity index (χ3v) is 3.23. The molecule has 0 saturated carbocycles. The zero-order valence-corrected chi connectivity index (χ0v) is 11.6. The summed E-state index contributed by atoms with van der Waals surface area (Å²) in [5.74, 6) is -0.0965. The maximum absolute atomic E-state index is 12.6. The standard InChI is InChI=1S/C13H9BrF3NO2/c14-11-4-3-8(13(15,16)17)6-10(11)12(19)18-7-9-2-1-5-20-9/h1-6H,7H2,(H,18,19). The lowest BCUT2D eigenvalue weighted by molar-refractivity contribution is -0.137. The average molecular weight is 348 g/mol. The second-order valence-corrected chi connectivity index (χ2v) is 4.81. The number of halogens is 4. The van der Waals surface area contributed by atoms with Gasteiger partial charge in [-0.3, -0.25) is 4.79 Å². The second kappa shape index (κ2) is 5.70. The molecule has 0 unspecified atom stereocenters. The second-order valence-electron chi connectivity index (χ2n) is 3.95. The first-order valence-electron chi connectivity index (χ1n) is 5.55. The molecule has 2 rings (SSSR count). The predicted molar refractivity (Wildman–Crippen MR) is 69.0 cm³/mol. The first-order chi connectivity index (χ1) is 9.38. The summed E-state index contributed by atoms with van der Waals surface area (Å²) in [6.07, 6.45) is -3.04. The number of rotatable bonds is 3. The van der Waals surface area contributed by atoms with E-state index in [4.69, 9.17) is 4.42 Å². The summed E-state index contributed by atoms with van der Waals surface area (Å²) in [4.78, 5) is 11.9. The van der Waals surface area contributed by atoms with Gasteiger partial charge in [0, 0.05) is 4.47 Å². The van der Waals surface area contributed by atoms with Crippen molar-refractivity contribution in [3.05, 3.63) is 58.0 Å². The molecule has 1 heterocycles. The van der Waals surface area contributed by atoms with Gasteiger partial charge in [-0.2, -0.15) is 13.2 Å². The highest BCUT2D eigenvalue weighted by molar-refractivity contribution is 9.10. The fraction of sp³-hybridized carbons (Fsp3) is 0.154. The molecule has 1 N–H and O–H groups in total. The number of hydrogen-bond donors (Lipinski definition) is 1. The molecule has 7 heteroatoms. The van der Waals surface area contributed by atoms with E-state index < -0.39 is 17.6 Å². The van der Waals surface area contributed by atoms with Crippen molar-refractivity contribution in [1.29, 1.82) is 0 Å². The zero-order valence-electron chi connectivity index (χ0n) is 10.00. The normalized spacial score (nSPS) is 11.4. The van der Waals surface area contributed by atoms with Crippen LogP contribution in [0.3, 0.4) is 0 Å². The van der Waals surface area contributed by atoms with Crippen LogP contribution in [0.1, 0.15) is 21.7 Å². The van der Waals surface area contributed by atoms with Crippen molar-refractivity contribution in [2.24, 2.45) is 0 Å². The maximum atomic E-state index is 12.6. The van der Waals surface area contributed by atoms with E-state index in [0.29, 0.717) is 10.2 Å². The van der Waals surface area contributed by atoms with E-state index in [9.17, 15) is 18.0 Å². The highest BCUT2D eigenvalue weighted by atomic mass is 79.9. The molecular formula is C13H9BrF3NO2. The minimum atomic E-state index is -4.49. The summed E-state index contributed by atoms with van der Waals surface area (Å²) in [7, 11) is 0. The Labute approximate surface area is 120 Å². The first kappa shape index (κ1) is 14.6. The number of amides is 1. The fourth-order valence-electron chi connectivity index (χ4n) is 1.55. The molecule has 0 spiro atoms. The Morgan fingerprint density at radius 2 is 2.05 bits per heavy atom. The van der Waals surface area contributed by atoms with Crippen molar-refractivity contribution in [1.82, 2.24) is 5.32 Å². The molecule has 1 aromatic heterocycles. The number of nitrogens with one attached hydrogen (secondary N) is 1. The van der Waals surface area contributed by atoms with Crippen LogP contribution in [0.15, 0.2) is 45.5 Å². The van der Waals surface area contributed by atoms with Crippen LogP contribution < -0.4 is 5.32 Å². The maximum Gasteiger partial charge on any atom is 0.416 e. The van der Waals surface area contributed by atoms with E-state index in [0.717, 1.165) is 12.1 Å². The SMILES string of the molecule is O=C(NCc1ccco1)c1cc(C(F)(F)F)ccc1Br. The van der Waals surface area contributed by atoms with E-state index in [2.05, 4.69) is 21.2 Å². The Balaban J connectivity index is 2.16. The minimum Gasteiger partial charge on any atom is -0.467 e. The van der Waals surface area contributed by atoms with Gasteiger partial charge in [-0.25, -0.2) is 0 Å². The van der Waals surface area contributed by atoms with Gasteiger partial charge < -0.3 is 9.73 Å². The fourth-order valence-corrected chi connectivity index (χ4v) is 1.98. The number of alkyl halides is 3. The molecule has 0 aliphatic heterocycles. The Morgan fingerprint density at radius 1 is 1.30 bits per heavy atom. The summed E-state index contributed by atoms with van der Waals surface area (Å²) >= 11 is 3.06. The molecule has 0 radical (unpaired) electrons. The van der Waals surface area contributed by atoms with Crippen LogP contribution in [-0.4, -0.2) is 5.91 Å². The van der Waals surface area contributed by atoms with E-state index in [-0.39, 0.29) is 12.1 Å². The van der Waals surface area contributed by atoms with Gasteiger partial charge >= 0.3 is 6.18 Å². The number of carbonyl (C=O) groups is 1. The summed E-state index contributed by atoms with van der Waals surface area (Å²) in [5.41, 5.74) is -0.949. The summed E-state index contributed by atoms with van der Waals surface area (Å²) in [6.45, 7) is 0.106. The minimum absolute atomic E-state index is 0.0774. The Bertz CT molecular complexity index is 609. The lowest BCUT2D eigenvalue weighted by Gasteiger charge is -2.10. The number of furan rings is 1. The van der Waals surface area contributed by atoms with E-state index >= 15 is 0 Å². The summed E-state index contributed by atoms with van der Waals surface area (Å²) < 4.78 is 43.1. The molecule has 0 saturated heterocycles. The van der Waals surface area contributed by atoms with Gasteiger partial charge in [-0.05, 0) is 46.3 Å². The molecule has 106 valence electrons.